The first-order valence-corrected chi connectivity index (χ1v) is 25.0. The Balaban J connectivity index is 1.30. The van der Waals surface area contributed by atoms with E-state index < -0.39 is 47.5 Å². The molecule has 5 atom stereocenters. The fraction of sp³-hybridized carbons (Fsp3) is 0.156. The summed E-state index contributed by atoms with van der Waals surface area (Å²) in [6.45, 7) is 0. The van der Waals surface area contributed by atoms with Gasteiger partial charge in [0.15, 0.2) is 6.29 Å². The van der Waals surface area contributed by atoms with E-state index in [1.54, 1.807) is 7.11 Å². The molecule has 1 saturated heterocycles. The molecule has 348 valence electrons. The minimum atomic E-state index is -1.23. The lowest BCUT2D eigenvalue weighted by molar-refractivity contribution is -0.337. The van der Waals surface area contributed by atoms with Gasteiger partial charge in [-0.25, -0.2) is 0 Å². The summed E-state index contributed by atoms with van der Waals surface area (Å²) >= 11 is 3.96. The lowest BCUT2D eigenvalue weighted by Crippen LogP contribution is -2.65. The highest BCUT2D eigenvalue weighted by molar-refractivity contribution is 9.09. The number of ether oxygens (including phenoxy) is 5. The van der Waals surface area contributed by atoms with Gasteiger partial charge in [-0.05, 0) is 50.1 Å². The Labute approximate surface area is 420 Å². The molecule has 5 nitrogen and oxygen atoms in total. The minimum Gasteiger partial charge on any atom is -0.353 e. The number of hydrogen-bond acceptors (Lipinski definition) is 5. The summed E-state index contributed by atoms with van der Waals surface area (Å²) < 4.78 is 38.7. The van der Waals surface area contributed by atoms with Crippen LogP contribution >= 0.6 is 15.9 Å². The van der Waals surface area contributed by atoms with Crippen molar-refractivity contribution in [3.8, 4) is 0 Å². The summed E-state index contributed by atoms with van der Waals surface area (Å²) in [5, 5.41) is 0.384. The van der Waals surface area contributed by atoms with Gasteiger partial charge in [-0.3, -0.25) is 0 Å². The van der Waals surface area contributed by atoms with Crippen LogP contribution in [-0.4, -0.2) is 43.1 Å². The fourth-order valence-electron chi connectivity index (χ4n) is 10.4. The Kier molecular flexibility index (Phi) is 14.4. The molecule has 10 rings (SSSR count). The van der Waals surface area contributed by atoms with E-state index in [1.165, 1.54) is 0 Å². The predicted octanol–water partition coefficient (Wildman–Crippen LogP) is 13.9. The predicted molar refractivity (Wildman–Crippen MR) is 282 cm³/mol. The van der Waals surface area contributed by atoms with Crippen LogP contribution in [0.2, 0.25) is 0 Å². The molecule has 6 heteroatoms. The van der Waals surface area contributed by atoms with Crippen LogP contribution in [0.25, 0.3) is 0 Å². The van der Waals surface area contributed by atoms with Crippen molar-refractivity contribution < 1.29 is 23.7 Å². The Morgan fingerprint density at radius 1 is 0.314 bits per heavy atom. The molecule has 0 N–H and O–H groups in total. The summed E-state index contributed by atoms with van der Waals surface area (Å²) in [5.74, 6) is 0. The van der Waals surface area contributed by atoms with Crippen LogP contribution < -0.4 is 0 Å². The van der Waals surface area contributed by atoms with E-state index >= 15 is 0 Å². The van der Waals surface area contributed by atoms with Gasteiger partial charge in [0.05, 0.1) is 6.10 Å². The molecule has 1 heterocycles. The largest absolute Gasteiger partial charge is 0.353 e. The van der Waals surface area contributed by atoms with Crippen LogP contribution in [0, 0.1) is 0 Å². The summed E-state index contributed by atoms with van der Waals surface area (Å²) in [4.78, 5) is 0. The van der Waals surface area contributed by atoms with Gasteiger partial charge in [-0.1, -0.05) is 289 Å². The Morgan fingerprint density at radius 2 is 0.514 bits per heavy atom. The van der Waals surface area contributed by atoms with E-state index in [0.29, 0.717) is 5.33 Å². The smallest absolute Gasteiger partial charge is 0.186 e. The molecule has 1 fully saturated rings. The number of halogens is 1. The quantitative estimate of drug-likeness (QED) is 0.0672. The average molecular weight is 984 g/mol. The number of methoxy groups -OCH3 is 1. The maximum absolute atomic E-state index is 8.40. The van der Waals surface area contributed by atoms with Gasteiger partial charge in [0.2, 0.25) is 0 Å². The zero-order chi connectivity index (χ0) is 47.6. The number of alkyl halides is 1. The zero-order valence-corrected chi connectivity index (χ0v) is 40.6. The van der Waals surface area contributed by atoms with Crippen LogP contribution in [0.1, 0.15) is 50.1 Å². The van der Waals surface area contributed by atoms with Crippen molar-refractivity contribution >= 4 is 15.9 Å². The fourth-order valence-corrected chi connectivity index (χ4v) is 10.9. The lowest BCUT2D eigenvalue weighted by atomic mass is 9.78. The van der Waals surface area contributed by atoms with Crippen molar-refractivity contribution in [1.82, 2.24) is 0 Å². The van der Waals surface area contributed by atoms with E-state index in [-0.39, 0.29) is 0 Å². The van der Waals surface area contributed by atoms with Gasteiger partial charge in [0.25, 0.3) is 0 Å². The van der Waals surface area contributed by atoms with Crippen molar-refractivity contribution in [2.24, 2.45) is 0 Å². The van der Waals surface area contributed by atoms with Gasteiger partial charge >= 0.3 is 0 Å². The van der Waals surface area contributed by atoms with E-state index in [1.807, 2.05) is 54.6 Å². The van der Waals surface area contributed by atoms with Crippen LogP contribution in [0.5, 0.6) is 0 Å². The van der Waals surface area contributed by atoms with Crippen LogP contribution in [-0.2, 0) is 40.5 Å². The molecule has 70 heavy (non-hydrogen) atoms. The molecule has 0 bridgehead atoms. The third kappa shape index (κ3) is 8.88. The maximum atomic E-state index is 8.40. The van der Waals surface area contributed by atoms with E-state index in [0.717, 1.165) is 50.1 Å². The van der Waals surface area contributed by atoms with Crippen molar-refractivity contribution in [3.63, 3.8) is 0 Å². The summed E-state index contributed by atoms with van der Waals surface area (Å²) in [5.41, 5.74) is 4.77. The topological polar surface area (TPSA) is 46.2 Å². The maximum Gasteiger partial charge on any atom is 0.186 e. The molecule has 1 aliphatic heterocycles. The molecule has 0 spiro atoms. The van der Waals surface area contributed by atoms with Crippen molar-refractivity contribution in [2.75, 3.05) is 12.4 Å². The molecule has 9 aromatic carbocycles. The van der Waals surface area contributed by atoms with Gasteiger partial charge in [-0.15, -0.1) is 0 Å². The summed E-state index contributed by atoms with van der Waals surface area (Å²) in [6, 6.07) is 94.0. The molecule has 0 unspecified atom stereocenters. The molecular weight excluding hydrogens is 929 g/mol. The summed E-state index contributed by atoms with van der Waals surface area (Å²) in [7, 11) is 1.68. The highest BCUT2D eigenvalue weighted by atomic mass is 79.9. The van der Waals surface area contributed by atoms with Crippen LogP contribution in [0.3, 0.4) is 0 Å². The molecule has 0 aromatic heterocycles. The first-order valence-electron chi connectivity index (χ1n) is 23.9. The van der Waals surface area contributed by atoms with Gasteiger partial charge < -0.3 is 23.7 Å². The first kappa shape index (κ1) is 47.0. The van der Waals surface area contributed by atoms with E-state index in [4.69, 9.17) is 23.7 Å². The van der Waals surface area contributed by atoms with E-state index in [2.05, 4.69) is 234 Å². The molecule has 0 saturated carbocycles. The minimum absolute atomic E-state index is 0.384. The highest BCUT2D eigenvalue weighted by Crippen LogP contribution is 2.51. The van der Waals surface area contributed by atoms with Crippen LogP contribution in [0.15, 0.2) is 273 Å². The Bertz CT molecular complexity index is 2540. The van der Waals surface area contributed by atoms with Crippen LogP contribution in [0.4, 0.5) is 0 Å². The molecule has 0 amide bonds. The second-order valence-corrected chi connectivity index (χ2v) is 18.2. The van der Waals surface area contributed by atoms with Crippen molar-refractivity contribution in [1.29, 1.82) is 0 Å². The number of benzene rings is 9. The Morgan fingerprint density at radius 3 is 0.714 bits per heavy atom. The highest BCUT2D eigenvalue weighted by Gasteiger charge is 2.58. The molecular formula is C64H55BrO5. The van der Waals surface area contributed by atoms with Crippen molar-refractivity contribution in [2.45, 2.75) is 47.5 Å². The number of hydrogen-bond donors (Lipinski definition) is 0. The third-order valence-electron chi connectivity index (χ3n) is 13.5. The molecule has 0 aliphatic carbocycles. The molecule has 0 radical (unpaired) electrons. The lowest BCUT2D eigenvalue weighted by Gasteiger charge is -2.53. The third-order valence-corrected chi connectivity index (χ3v) is 14.2. The number of rotatable bonds is 17. The second-order valence-electron chi connectivity index (χ2n) is 17.5. The molecule has 9 aromatic rings. The van der Waals surface area contributed by atoms with Gasteiger partial charge in [0.1, 0.15) is 35.1 Å². The summed E-state index contributed by atoms with van der Waals surface area (Å²) in [6.07, 6.45) is -4.35. The average Bonchev–Trinajstić information content (AvgIpc) is 3.45. The SMILES string of the molecule is CO[C@@H]1O[C@@H](CBr)[C@@H](OC(c2ccccc2)(c2ccccc2)c2ccccc2)[C@@H](OC(c2ccccc2)(c2ccccc2)c2ccccc2)[C@@H]1OC(c1ccccc1)(c1ccccc1)c1ccccc1. The van der Waals surface area contributed by atoms with Gasteiger partial charge in [-0.2, -0.15) is 0 Å². The first-order chi connectivity index (χ1) is 34.6. The van der Waals surface area contributed by atoms with E-state index in [9.17, 15) is 0 Å². The standard InChI is InChI=1S/C64H55BrO5/c1-66-61-60(70-64(54-41-23-8-24-42-54,55-43-25-9-26-44-55)56-45-27-10-28-46-56)59(69-63(51-35-17-5-18-36-51,52-37-19-6-20-38-52)53-39-21-7-22-40-53)58(57(47-65)67-61)68-62(48-29-11-2-12-30-48,49-31-13-3-14-32-49)50-33-15-4-16-34-50/h2-46,57-61H,47H2,1H3/t57-,58+,59+,60-,61+/m0/s1. The Hall–Kier alpha value is -6.74. The normalized spacial score (nSPS) is 18.5. The zero-order valence-electron chi connectivity index (χ0n) is 39.0. The van der Waals surface area contributed by atoms with Crippen molar-refractivity contribution in [3.05, 3.63) is 323 Å². The monoisotopic (exact) mass is 982 g/mol. The van der Waals surface area contributed by atoms with Gasteiger partial charge in [0, 0.05) is 12.4 Å². The second kappa shape index (κ2) is 21.5. The molecule has 1 aliphatic rings.